The van der Waals surface area contributed by atoms with Gasteiger partial charge in [-0.1, -0.05) is 35.9 Å². The zero-order valence-corrected chi connectivity index (χ0v) is 20.6. The van der Waals surface area contributed by atoms with Gasteiger partial charge in [-0.2, -0.15) is 0 Å². The van der Waals surface area contributed by atoms with Gasteiger partial charge in [-0.05, 0) is 29.1 Å². The summed E-state index contributed by atoms with van der Waals surface area (Å²) in [7, 11) is 4.61. The number of carbonyl (C=O) groups is 2. The topological polar surface area (TPSA) is 77.1 Å². The maximum absolute atomic E-state index is 13.9. The van der Waals surface area contributed by atoms with Gasteiger partial charge in [0.15, 0.2) is 0 Å². The van der Waals surface area contributed by atoms with E-state index in [-0.39, 0.29) is 11.8 Å². The molecule has 0 saturated carbocycles. The molecule has 0 saturated heterocycles. The number of nitrogens with one attached hydrogen (secondary N) is 1. The highest BCUT2D eigenvalue weighted by Crippen LogP contribution is 2.45. The van der Waals surface area contributed by atoms with Crippen molar-refractivity contribution in [2.75, 3.05) is 39.8 Å². The van der Waals surface area contributed by atoms with Crippen LogP contribution in [0.1, 0.15) is 32.8 Å². The molecule has 1 aromatic heterocycles. The fourth-order valence-electron chi connectivity index (χ4n) is 4.25. The van der Waals surface area contributed by atoms with Crippen LogP contribution in [0.3, 0.4) is 0 Å². The summed E-state index contributed by atoms with van der Waals surface area (Å²) < 4.78 is 16.0. The molecule has 3 aromatic rings. The number of methoxy groups -OCH3 is 3. The molecule has 7 nitrogen and oxygen atoms in total. The normalized spacial score (nSPS) is 17.3. The van der Waals surface area contributed by atoms with Gasteiger partial charge in [0.25, 0.3) is 5.91 Å². The lowest BCUT2D eigenvalue weighted by Crippen LogP contribution is -2.47. The minimum atomic E-state index is -0.657. The van der Waals surface area contributed by atoms with Gasteiger partial charge in [-0.25, -0.2) is 0 Å². The number of benzene rings is 2. The molecule has 0 aliphatic carbocycles. The molecule has 2 aromatic carbocycles. The Bertz CT molecular complexity index is 1180. The number of nitrogens with zero attached hydrogens (tertiary/aromatic N) is 1. The first-order chi connectivity index (χ1) is 16.5. The summed E-state index contributed by atoms with van der Waals surface area (Å²) in [6.07, 6.45) is 0. The number of anilines is 1. The number of fused-ring (bicyclic) bond motifs is 1. The lowest BCUT2D eigenvalue weighted by Gasteiger charge is -2.41. The smallest absolute Gasteiger partial charge is 0.254 e. The number of ether oxygens (including phenoxy) is 3. The molecule has 1 aliphatic heterocycles. The van der Waals surface area contributed by atoms with E-state index in [0.717, 1.165) is 4.88 Å². The number of halogens is 1. The minimum absolute atomic E-state index is 0.125. The van der Waals surface area contributed by atoms with E-state index in [0.29, 0.717) is 46.5 Å². The van der Waals surface area contributed by atoms with E-state index in [1.807, 2.05) is 29.6 Å². The van der Waals surface area contributed by atoms with E-state index < -0.39 is 12.0 Å². The molecule has 1 N–H and O–H groups in total. The first-order valence-electron chi connectivity index (χ1n) is 10.6. The number of thiophene rings is 1. The van der Waals surface area contributed by atoms with E-state index in [2.05, 4.69) is 5.32 Å². The molecule has 0 bridgehead atoms. The van der Waals surface area contributed by atoms with Gasteiger partial charge in [-0.3, -0.25) is 9.59 Å². The highest BCUT2D eigenvalue weighted by atomic mass is 35.5. The number of rotatable bonds is 8. The molecule has 2 atom stereocenters. The maximum Gasteiger partial charge on any atom is 0.254 e. The van der Waals surface area contributed by atoms with Crippen molar-refractivity contribution in [3.63, 3.8) is 0 Å². The Morgan fingerprint density at radius 1 is 1.09 bits per heavy atom. The van der Waals surface area contributed by atoms with Crippen molar-refractivity contribution in [1.29, 1.82) is 0 Å². The van der Waals surface area contributed by atoms with Gasteiger partial charge in [0.05, 0.1) is 43.5 Å². The van der Waals surface area contributed by atoms with Crippen LogP contribution in [0.25, 0.3) is 0 Å². The Labute approximate surface area is 207 Å². The predicted molar refractivity (Wildman–Crippen MR) is 132 cm³/mol. The van der Waals surface area contributed by atoms with Crippen molar-refractivity contribution in [1.82, 2.24) is 4.90 Å². The van der Waals surface area contributed by atoms with Crippen molar-refractivity contribution in [2.24, 2.45) is 0 Å². The zero-order valence-electron chi connectivity index (χ0n) is 19.0. The molecule has 2 heterocycles. The molecule has 0 spiro atoms. The molecule has 9 heteroatoms. The molecule has 2 amide bonds. The van der Waals surface area contributed by atoms with Crippen LogP contribution in [-0.2, 0) is 9.53 Å². The van der Waals surface area contributed by atoms with E-state index in [1.165, 1.54) is 25.6 Å². The molecule has 4 rings (SSSR count). The number of hydrogen-bond donors (Lipinski definition) is 1. The summed E-state index contributed by atoms with van der Waals surface area (Å²) in [4.78, 5) is 30.0. The third kappa shape index (κ3) is 4.49. The predicted octanol–water partition coefficient (Wildman–Crippen LogP) is 4.98. The second kappa shape index (κ2) is 10.5. The molecule has 1 aliphatic rings. The quantitative estimate of drug-likeness (QED) is 0.472. The van der Waals surface area contributed by atoms with Crippen LogP contribution in [0.4, 0.5) is 5.69 Å². The van der Waals surface area contributed by atoms with Gasteiger partial charge in [0.1, 0.15) is 11.5 Å². The number of carbonyl (C=O) groups excluding carboxylic acids is 2. The molecule has 178 valence electrons. The summed E-state index contributed by atoms with van der Waals surface area (Å²) in [5.74, 6) is -0.207. The van der Waals surface area contributed by atoms with Crippen molar-refractivity contribution >= 4 is 40.4 Å². The molecule has 34 heavy (non-hydrogen) atoms. The summed E-state index contributed by atoms with van der Waals surface area (Å²) >= 11 is 7.83. The Hall–Kier alpha value is -3.07. The van der Waals surface area contributed by atoms with E-state index >= 15 is 0 Å². The average molecular weight is 501 g/mol. The van der Waals surface area contributed by atoms with Crippen LogP contribution < -0.4 is 14.8 Å². The summed E-state index contributed by atoms with van der Waals surface area (Å²) in [5, 5.41) is 5.26. The summed E-state index contributed by atoms with van der Waals surface area (Å²) in [6.45, 7) is 0.708. The van der Waals surface area contributed by atoms with Crippen LogP contribution in [-0.4, -0.2) is 51.2 Å². The molecule has 0 fully saturated rings. The number of amides is 2. The van der Waals surface area contributed by atoms with Gasteiger partial charge in [-0.15, -0.1) is 11.3 Å². The Balaban J connectivity index is 1.80. The Kier molecular flexibility index (Phi) is 7.41. The van der Waals surface area contributed by atoms with Crippen molar-refractivity contribution in [3.8, 4) is 11.5 Å². The van der Waals surface area contributed by atoms with Crippen molar-refractivity contribution in [3.05, 3.63) is 74.9 Å². The summed E-state index contributed by atoms with van der Waals surface area (Å²) in [6, 6.07) is 13.8. The van der Waals surface area contributed by atoms with Crippen molar-refractivity contribution in [2.45, 2.75) is 12.0 Å². The van der Waals surface area contributed by atoms with Crippen LogP contribution >= 0.6 is 22.9 Å². The van der Waals surface area contributed by atoms with E-state index in [9.17, 15) is 9.59 Å². The molecular formula is C25H25ClN2O5S. The fraction of sp³-hybridized carbons (Fsp3) is 0.280. The highest BCUT2D eigenvalue weighted by Gasteiger charge is 2.44. The monoisotopic (exact) mass is 500 g/mol. The fourth-order valence-corrected chi connectivity index (χ4v) is 5.37. The van der Waals surface area contributed by atoms with Gasteiger partial charge in [0, 0.05) is 30.2 Å². The second-order valence-electron chi connectivity index (χ2n) is 7.69. The van der Waals surface area contributed by atoms with Gasteiger partial charge in [0.2, 0.25) is 5.91 Å². The van der Waals surface area contributed by atoms with Crippen LogP contribution in [0.5, 0.6) is 11.5 Å². The summed E-state index contributed by atoms with van der Waals surface area (Å²) in [5.41, 5.74) is 1.60. The third-order valence-corrected chi connectivity index (χ3v) is 7.06. The Morgan fingerprint density at radius 3 is 2.53 bits per heavy atom. The van der Waals surface area contributed by atoms with E-state index in [1.54, 1.807) is 36.3 Å². The highest BCUT2D eigenvalue weighted by molar-refractivity contribution is 7.10. The van der Waals surface area contributed by atoms with Crippen molar-refractivity contribution < 1.29 is 23.8 Å². The second-order valence-corrected chi connectivity index (χ2v) is 9.08. The standard InChI is InChI=1S/C25H25ClN2O5S/c1-31-11-10-28-23(21-9-6-12-34-21)22(15-7-4-5-8-16(15)25(28)30)24(29)27-18-13-17(26)19(32-2)14-20(18)33-3/h4-9,12-14,22-23H,10-11H2,1-3H3,(H,27,29). The Morgan fingerprint density at radius 2 is 1.85 bits per heavy atom. The SMILES string of the molecule is COCCN1C(=O)c2ccccc2C(C(=O)Nc2cc(Cl)c(OC)cc2OC)C1c1cccs1. The molecule has 2 unspecified atom stereocenters. The average Bonchev–Trinajstić information content (AvgIpc) is 3.38. The third-order valence-electron chi connectivity index (χ3n) is 5.82. The first-order valence-corrected chi connectivity index (χ1v) is 11.9. The molecular weight excluding hydrogens is 476 g/mol. The van der Waals surface area contributed by atoms with Crippen LogP contribution in [0.15, 0.2) is 53.9 Å². The number of hydrogen-bond acceptors (Lipinski definition) is 6. The minimum Gasteiger partial charge on any atom is -0.495 e. The largest absolute Gasteiger partial charge is 0.495 e. The van der Waals surface area contributed by atoms with Gasteiger partial charge >= 0.3 is 0 Å². The first kappa shape index (κ1) is 24.1. The maximum atomic E-state index is 13.9. The lowest BCUT2D eigenvalue weighted by atomic mass is 9.81. The van der Waals surface area contributed by atoms with Crippen LogP contribution in [0, 0.1) is 0 Å². The lowest BCUT2D eigenvalue weighted by molar-refractivity contribution is -0.119. The zero-order chi connectivity index (χ0) is 24.2. The van der Waals surface area contributed by atoms with Crippen LogP contribution in [0.2, 0.25) is 5.02 Å². The van der Waals surface area contributed by atoms with E-state index in [4.69, 9.17) is 25.8 Å². The molecule has 0 radical (unpaired) electrons. The van der Waals surface area contributed by atoms with Gasteiger partial charge < -0.3 is 24.4 Å².